The van der Waals surface area contributed by atoms with Gasteiger partial charge in [-0.1, -0.05) is 33.6 Å². The van der Waals surface area contributed by atoms with Crippen molar-refractivity contribution < 1.29 is 14.6 Å². The van der Waals surface area contributed by atoms with E-state index in [0.29, 0.717) is 24.7 Å². The molecule has 0 spiro atoms. The van der Waals surface area contributed by atoms with Crippen LogP contribution in [0, 0.1) is 6.92 Å². The van der Waals surface area contributed by atoms with E-state index < -0.39 is 0 Å². The Morgan fingerprint density at radius 1 is 1.25 bits per heavy atom. The number of aromatic hydroxyl groups is 1. The Labute approximate surface area is 164 Å². The van der Waals surface area contributed by atoms with Crippen LogP contribution < -0.4 is 10.2 Å². The third-order valence-corrected chi connectivity index (χ3v) is 5.02. The molecule has 0 heterocycles. The molecule has 24 heavy (non-hydrogen) atoms. The van der Waals surface area contributed by atoms with Crippen molar-refractivity contribution in [3.05, 3.63) is 54.9 Å². The molecule has 2 aromatic rings. The zero-order valence-electron chi connectivity index (χ0n) is 12.5. The second-order valence-electron chi connectivity index (χ2n) is 4.81. The molecular formula is C16H13Br3N2O3. The molecule has 0 fully saturated rings. The average Bonchev–Trinajstić information content (AvgIpc) is 2.55. The number of ether oxygens (including phenoxy) is 1. The highest BCUT2D eigenvalue weighted by molar-refractivity contribution is 9.11. The highest BCUT2D eigenvalue weighted by atomic mass is 79.9. The quantitative estimate of drug-likeness (QED) is 0.450. The van der Waals surface area contributed by atoms with Gasteiger partial charge in [-0.3, -0.25) is 4.79 Å². The first-order chi connectivity index (χ1) is 11.4. The molecule has 0 bridgehead atoms. The van der Waals surface area contributed by atoms with Gasteiger partial charge in [0.05, 0.1) is 15.2 Å². The van der Waals surface area contributed by atoms with E-state index in [9.17, 15) is 9.90 Å². The van der Waals surface area contributed by atoms with E-state index in [1.807, 2.05) is 19.1 Å². The van der Waals surface area contributed by atoms with Crippen LogP contribution in [0.15, 0.2) is 48.9 Å². The number of phenols is 1. The van der Waals surface area contributed by atoms with Gasteiger partial charge in [0, 0.05) is 10.0 Å². The number of phenolic OH excluding ortho intramolecular Hbond substituents is 1. The first-order valence-corrected chi connectivity index (χ1v) is 9.14. The maximum absolute atomic E-state index is 11.7. The lowest BCUT2D eigenvalue weighted by Crippen LogP contribution is -2.24. The Morgan fingerprint density at radius 3 is 2.58 bits per heavy atom. The molecule has 2 N–H and O–H groups in total. The molecular weight excluding hydrogens is 508 g/mol. The standard InChI is InChI=1S/C16H13Br3N2O3/c1-9-2-4-10(5-3-9)24-8-14(22)21-20-7-11-12(17)6-13(18)16(23)15(11)19/h2-7,23H,8H2,1H3,(H,21,22). The van der Waals surface area contributed by atoms with Gasteiger partial charge in [0.25, 0.3) is 5.91 Å². The average molecular weight is 521 g/mol. The minimum atomic E-state index is -0.389. The third-order valence-electron chi connectivity index (χ3n) is 2.96. The highest BCUT2D eigenvalue weighted by Gasteiger charge is 2.12. The SMILES string of the molecule is Cc1ccc(OCC(=O)NN=Cc2c(Br)cc(Br)c(O)c2Br)cc1. The molecule has 0 aliphatic carbocycles. The number of carbonyl (C=O) groups excluding carboxylic acids is 1. The lowest BCUT2D eigenvalue weighted by atomic mass is 10.2. The summed E-state index contributed by atoms with van der Waals surface area (Å²) in [4.78, 5) is 11.7. The molecule has 2 rings (SSSR count). The van der Waals surface area contributed by atoms with Gasteiger partial charge >= 0.3 is 0 Å². The van der Waals surface area contributed by atoms with Crippen LogP contribution in [0.4, 0.5) is 0 Å². The van der Waals surface area contributed by atoms with Crippen molar-refractivity contribution in [2.75, 3.05) is 6.61 Å². The molecule has 1 amide bonds. The van der Waals surface area contributed by atoms with Crippen molar-refractivity contribution in [1.29, 1.82) is 0 Å². The number of aryl methyl sites for hydroxylation is 1. The predicted octanol–water partition coefficient (Wildman–Crippen LogP) is 4.52. The van der Waals surface area contributed by atoms with Crippen LogP contribution in [-0.4, -0.2) is 23.8 Å². The van der Waals surface area contributed by atoms with Crippen molar-refractivity contribution in [2.24, 2.45) is 5.10 Å². The Morgan fingerprint density at radius 2 is 1.92 bits per heavy atom. The minimum absolute atomic E-state index is 0.0497. The van der Waals surface area contributed by atoms with Gasteiger partial charge in [0.2, 0.25) is 0 Å². The first-order valence-electron chi connectivity index (χ1n) is 6.76. The van der Waals surface area contributed by atoms with E-state index in [1.165, 1.54) is 6.21 Å². The summed E-state index contributed by atoms with van der Waals surface area (Å²) in [5, 5.41) is 13.7. The summed E-state index contributed by atoms with van der Waals surface area (Å²) >= 11 is 9.87. The lowest BCUT2D eigenvalue weighted by molar-refractivity contribution is -0.123. The Hall–Kier alpha value is -1.38. The number of hydrazone groups is 1. The Kier molecular flexibility index (Phi) is 6.82. The number of nitrogens with one attached hydrogen (secondary N) is 1. The van der Waals surface area contributed by atoms with Crippen LogP contribution in [-0.2, 0) is 4.79 Å². The highest BCUT2D eigenvalue weighted by Crippen LogP contribution is 2.38. The van der Waals surface area contributed by atoms with Crippen LogP contribution in [0.1, 0.15) is 11.1 Å². The maximum atomic E-state index is 11.7. The topological polar surface area (TPSA) is 70.9 Å². The summed E-state index contributed by atoms with van der Waals surface area (Å²) in [7, 11) is 0. The molecule has 8 heteroatoms. The summed E-state index contributed by atoms with van der Waals surface area (Å²) in [6.45, 7) is 1.83. The predicted molar refractivity (Wildman–Crippen MR) is 104 cm³/mol. The number of hydrogen-bond donors (Lipinski definition) is 2. The fraction of sp³-hybridized carbons (Fsp3) is 0.125. The molecule has 0 saturated carbocycles. The van der Waals surface area contributed by atoms with E-state index >= 15 is 0 Å². The van der Waals surface area contributed by atoms with Crippen LogP contribution in [0.25, 0.3) is 0 Å². The number of rotatable bonds is 5. The van der Waals surface area contributed by atoms with Crippen molar-refractivity contribution in [1.82, 2.24) is 5.43 Å². The monoisotopic (exact) mass is 518 g/mol. The molecule has 0 radical (unpaired) electrons. The molecule has 0 aliphatic heterocycles. The number of hydrogen-bond acceptors (Lipinski definition) is 4. The van der Waals surface area contributed by atoms with Crippen molar-refractivity contribution in [2.45, 2.75) is 6.92 Å². The number of carbonyl (C=O) groups is 1. The number of amides is 1. The largest absolute Gasteiger partial charge is 0.506 e. The molecule has 0 aliphatic rings. The molecule has 5 nitrogen and oxygen atoms in total. The molecule has 0 aromatic heterocycles. The number of halogens is 3. The van der Waals surface area contributed by atoms with Gasteiger partial charge in [-0.05, 0) is 57.0 Å². The molecule has 0 saturated heterocycles. The summed E-state index contributed by atoms with van der Waals surface area (Å²) in [6.07, 6.45) is 1.42. The zero-order chi connectivity index (χ0) is 17.7. The minimum Gasteiger partial charge on any atom is -0.506 e. The fourth-order valence-corrected chi connectivity index (χ4v) is 4.02. The van der Waals surface area contributed by atoms with Crippen LogP contribution >= 0.6 is 47.8 Å². The van der Waals surface area contributed by atoms with Crippen LogP contribution in [0.3, 0.4) is 0 Å². The number of benzene rings is 2. The Bertz CT molecular complexity index is 777. The van der Waals surface area contributed by atoms with E-state index in [0.717, 1.165) is 5.56 Å². The van der Waals surface area contributed by atoms with E-state index in [1.54, 1.807) is 18.2 Å². The normalized spacial score (nSPS) is 10.8. The van der Waals surface area contributed by atoms with E-state index in [4.69, 9.17) is 4.74 Å². The van der Waals surface area contributed by atoms with Gasteiger partial charge in [0.1, 0.15) is 11.5 Å². The zero-order valence-corrected chi connectivity index (χ0v) is 17.3. The smallest absolute Gasteiger partial charge is 0.277 e. The molecule has 2 aromatic carbocycles. The summed E-state index contributed by atoms with van der Waals surface area (Å²) in [5.41, 5.74) is 4.08. The maximum Gasteiger partial charge on any atom is 0.277 e. The summed E-state index contributed by atoms with van der Waals surface area (Å²) < 4.78 is 7.05. The van der Waals surface area contributed by atoms with Gasteiger partial charge < -0.3 is 9.84 Å². The third kappa shape index (κ3) is 5.06. The van der Waals surface area contributed by atoms with Crippen molar-refractivity contribution in [3.63, 3.8) is 0 Å². The van der Waals surface area contributed by atoms with Crippen LogP contribution in [0.5, 0.6) is 11.5 Å². The van der Waals surface area contributed by atoms with Crippen molar-refractivity contribution in [3.8, 4) is 11.5 Å². The second kappa shape index (κ2) is 8.64. The van der Waals surface area contributed by atoms with Gasteiger partial charge in [-0.2, -0.15) is 5.10 Å². The van der Waals surface area contributed by atoms with Gasteiger partial charge in [-0.15, -0.1) is 0 Å². The summed E-state index contributed by atoms with van der Waals surface area (Å²) in [6, 6.07) is 9.08. The second-order valence-corrected chi connectivity index (χ2v) is 7.31. The van der Waals surface area contributed by atoms with E-state index in [-0.39, 0.29) is 18.3 Å². The van der Waals surface area contributed by atoms with Gasteiger partial charge in [-0.25, -0.2) is 5.43 Å². The van der Waals surface area contributed by atoms with E-state index in [2.05, 4.69) is 58.3 Å². The van der Waals surface area contributed by atoms with Crippen molar-refractivity contribution >= 4 is 59.9 Å². The van der Waals surface area contributed by atoms with Gasteiger partial charge in [0.15, 0.2) is 6.61 Å². The van der Waals surface area contributed by atoms with Crippen LogP contribution in [0.2, 0.25) is 0 Å². The number of nitrogens with zero attached hydrogens (tertiary/aromatic N) is 1. The lowest BCUT2D eigenvalue weighted by Gasteiger charge is -2.07. The molecule has 0 atom stereocenters. The molecule has 126 valence electrons. The fourth-order valence-electron chi connectivity index (χ4n) is 1.70. The molecule has 0 unspecified atom stereocenters. The first kappa shape index (κ1) is 19.0. The Balaban J connectivity index is 1.93. The summed E-state index contributed by atoms with van der Waals surface area (Å²) in [5.74, 6) is 0.275.